The lowest BCUT2D eigenvalue weighted by atomic mass is 9.88. The Morgan fingerprint density at radius 1 is 1.15 bits per heavy atom. The van der Waals surface area contributed by atoms with E-state index in [4.69, 9.17) is 9.72 Å². The predicted molar refractivity (Wildman–Crippen MR) is 124 cm³/mol. The molecule has 8 heteroatoms. The van der Waals surface area contributed by atoms with Gasteiger partial charge in [-0.25, -0.2) is 9.50 Å². The number of anilines is 1. The fourth-order valence-corrected chi connectivity index (χ4v) is 4.38. The lowest BCUT2D eigenvalue weighted by Gasteiger charge is -2.38. The van der Waals surface area contributed by atoms with Crippen molar-refractivity contribution in [2.45, 2.75) is 25.4 Å². The smallest absolute Gasteiger partial charge is 0.138 e. The van der Waals surface area contributed by atoms with E-state index in [-0.39, 0.29) is 0 Å². The highest BCUT2D eigenvalue weighted by Gasteiger charge is 2.35. The molecule has 8 nitrogen and oxygen atoms in total. The van der Waals surface area contributed by atoms with Crippen LogP contribution >= 0.6 is 0 Å². The summed E-state index contributed by atoms with van der Waals surface area (Å²) in [6, 6.07) is 13.8. The summed E-state index contributed by atoms with van der Waals surface area (Å²) < 4.78 is 7.37. The minimum Gasteiger partial charge on any atom is -0.492 e. The van der Waals surface area contributed by atoms with Crippen LogP contribution in [0.2, 0.25) is 0 Å². The number of rotatable bonds is 5. The average Bonchev–Trinajstić information content (AvgIpc) is 3.28. The maximum Gasteiger partial charge on any atom is 0.138 e. The summed E-state index contributed by atoms with van der Waals surface area (Å²) in [5.41, 5.74) is 2.77. The normalized spacial score (nSPS) is 15.4. The summed E-state index contributed by atoms with van der Waals surface area (Å²) in [7, 11) is 0. The molecule has 33 heavy (non-hydrogen) atoms. The molecule has 5 rings (SSSR count). The Hall–Kier alpha value is -3.96. The predicted octanol–water partition coefficient (Wildman–Crippen LogP) is 3.55. The van der Waals surface area contributed by atoms with Gasteiger partial charge in [0.1, 0.15) is 23.2 Å². The van der Waals surface area contributed by atoms with Crippen LogP contribution in [0, 0.1) is 11.3 Å². The monoisotopic (exact) mass is 440 g/mol. The minimum atomic E-state index is -0.904. The zero-order chi connectivity index (χ0) is 22.8. The van der Waals surface area contributed by atoms with Crippen LogP contribution in [-0.4, -0.2) is 44.4 Å². The van der Waals surface area contributed by atoms with Crippen molar-refractivity contribution in [3.05, 3.63) is 72.4 Å². The van der Waals surface area contributed by atoms with Crippen molar-refractivity contribution in [3.8, 4) is 22.9 Å². The van der Waals surface area contributed by atoms with E-state index in [1.807, 2.05) is 49.5 Å². The van der Waals surface area contributed by atoms with Crippen LogP contribution in [0.1, 0.15) is 31.0 Å². The van der Waals surface area contributed by atoms with Crippen LogP contribution in [0.15, 0.2) is 61.2 Å². The molecule has 0 saturated carbocycles. The Morgan fingerprint density at radius 3 is 2.67 bits per heavy atom. The Bertz CT molecular complexity index is 1300. The molecule has 0 spiro atoms. The van der Waals surface area contributed by atoms with Crippen LogP contribution in [-0.2, 0) is 5.60 Å². The van der Waals surface area contributed by atoms with Gasteiger partial charge in [-0.2, -0.15) is 10.4 Å². The van der Waals surface area contributed by atoms with E-state index < -0.39 is 5.60 Å². The Labute approximate surface area is 191 Å². The van der Waals surface area contributed by atoms with Crippen molar-refractivity contribution < 1.29 is 9.84 Å². The zero-order valence-electron chi connectivity index (χ0n) is 18.3. The quantitative estimate of drug-likeness (QED) is 0.507. The van der Waals surface area contributed by atoms with Gasteiger partial charge in [-0.1, -0.05) is 6.07 Å². The molecule has 0 aliphatic carbocycles. The second-order valence-electron chi connectivity index (χ2n) is 8.12. The maximum absolute atomic E-state index is 11.0. The lowest BCUT2D eigenvalue weighted by molar-refractivity contribution is 0.00750. The van der Waals surface area contributed by atoms with Gasteiger partial charge in [0.05, 0.1) is 35.8 Å². The van der Waals surface area contributed by atoms with Gasteiger partial charge in [-0.15, -0.1) is 0 Å². The van der Waals surface area contributed by atoms with Crippen LogP contribution in [0.4, 0.5) is 5.82 Å². The molecular weight excluding hydrogens is 416 g/mol. The lowest BCUT2D eigenvalue weighted by Crippen LogP contribution is -2.43. The molecule has 0 radical (unpaired) electrons. The number of pyridine rings is 3. The molecule has 1 N–H and O–H groups in total. The first-order valence-corrected chi connectivity index (χ1v) is 11.0. The van der Waals surface area contributed by atoms with E-state index in [9.17, 15) is 10.4 Å². The molecule has 1 saturated heterocycles. The number of aromatic nitrogens is 4. The number of nitrogens with zero attached hydrogens (tertiary/aromatic N) is 6. The fourth-order valence-electron chi connectivity index (χ4n) is 4.38. The number of hydrogen-bond acceptors (Lipinski definition) is 7. The molecule has 1 aliphatic rings. The SMILES string of the molecule is CCOc1cc(-c2ccc(N3CCC(O)(c4ccccn4)CC3)nc2)c2c(C#N)cnn2c1. The third-order valence-electron chi connectivity index (χ3n) is 6.13. The van der Waals surface area contributed by atoms with E-state index in [0.29, 0.717) is 43.9 Å². The van der Waals surface area contributed by atoms with Crippen molar-refractivity contribution in [2.75, 3.05) is 24.6 Å². The minimum absolute atomic E-state index is 0.502. The van der Waals surface area contributed by atoms with Crippen LogP contribution < -0.4 is 9.64 Å². The Balaban J connectivity index is 1.40. The van der Waals surface area contributed by atoms with Gasteiger partial charge in [0.2, 0.25) is 0 Å². The zero-order valence-corrected chi connectivity index (χ0v) is 18.3. The molecule has 5 heterocycles. The highest BCUT2D eigenvalue weighted by molar-refractivity contribution is 5.85. The first-order chi connectivity index (χ1) is 16.1. The van der Waals surface area contributed by atoms with Crippen molar-refractivity contribution in [1.29, 1.82) is 5.26 Å². The van der Waals surface area contributed by atoms with Gasteiger partial charge in [-0.3, -0.25) is 4.98 Å². The number of hydrogen-bond donors (Lipinski definition) is 1. The molecule has 0 aromatic carbocycles. The van der Waals surface area contributed by atoms with E-state index in [0.717, 1.165) is 28.2 Å². The number of aliphatic hydroxyl groups is 1. The molecule has 0 unspecified atom stereocenters. The first kappa shape index (κ1) is 20.9. The van der Waals surface area contributed by atoms with Gasteiger partial charge in [-0.05, 0) is 50.1 Å². The molecule has 0 amide bonds. The maximum atomic E-state index is 11.0. The molecule has 4 aromatic heterocycles. The standard InChI is InChI=1S/C25H24N6O2/c1-2-33-20-13-21(24-19(14-26)16-29-31(24)17-20)18-6-7-23(28-15-18)30-11-8-25(32,9-12-30)22-5-3-4-10-27-22/h3-7,10,13,15-17,32H,2,8-9,11-12H2,1H3. The van der Waals surface area contributed by atoms with E-state index in [1.165, 1.54) is 0 Å². The number of piperidine rings is 1. The van der Waals surface area contributed by atoms with Gasteiger partial charge < -0.3 is 14.7 Å². The summed E-state index contributed by atoms with van der Waals surface area (Å²) >= 11 is 0. The molecule has 166 valence electrons. The number of fused-ring (bicyclic) bond motifs is 1. The molecular formula is C25H24N6O2. The van der Waals surface area contributed by atoms with Gasteiger partial charge in [0.25, 0.3) is 0 Å². The van der Waals surface area contributed by atoms with Crippen LogP contribution in [0.3, 0.4) is 0 Å². The Morgan fingerprint density at radius 2 is 2.00 bits per heavy atom. The molecule has 4 aromatic rings. The van der Waals surface area contributed by atoms with E-state index in [2.05, 4.69) is 21.1 Å². The number of ether oxygens (including phenoxy) is 1. The van der Waals surface area contributed by atoms with Crippen molar-refractivity contribution in [1.82, 2.24) is 19.6 Å². The van der Waals surface area contributed by atoms with Crippen LogP contribution in [0.25, 0.3) is 16.6 Å². The topological polar surface area (TPSA) is 99.6 Å². The van der Waals surface area contributed by atoms with Gasteiger partial charge >= 0.3 is 0 Å². The summed E-state index contributed by atoms with van der Waals surface area (Å²) in [6.45, 7) is 3.83. The third-order valence-corrected chi connectivity index (χ3v) is 6.13. The van der Waals surface area contributed by atoms with E-state index >= 15 is 0 Å². The third kappa shape index (κ3) is 3.88. The Kier molecular flexibility index (Phi) is 5.40. The van der Waals surface area contributed by atoms with Crippen molar-refractivity contribution in [2.24, 2.45) is 0 Å². The van der Waals surface area contributed by atoms with Crippen molar-refractivity contribution in [3.63, 3.8) is 0 Å². The highest BCUT2D eigenvalue weighted by Crippen LogP contribution is 2.34. The fraction of sp³-hybridized carbons (Fsp3) is 0.280. The average molecular weight is 441 g/mol. The van der Waals surface area contributed by atoms with Gasteiger partial charge in [0, 0.05) is 36.6 Å². The second kappa shape index (κ2) is 8.52. The molecule has 0 bridgehead atoms. The second-order valence-corrected chi connectivity index (χ2v) is 8.12. The molecule has 0 atom stereocenters. The van der Waals surface area contributed by atoms with Crippen LogP contribution in [0.5, 0.6) is 5.75 Å². The van der Waals surface area contributed by atoms with E-state index in [1.54, 1.807) is 23.1 Å². The molecule has 1 aliphatic heterocycles. The summed E-state index contributed by atoms with van der Waals surface area (Å²) in [4.78, 5) is 11.2. The summed E-state index contributed by atoms with van der Waals surface area (Å²) in [6.07, 6.45) is 8.05. The van der Waals surface area contributed by atoms with Gasteiger partial charge in [0.15, 0.2) is 0 Å². The van der Waals surface area contributed by atoms with Crippen molar-refractivity contribution >= 4 is 11.3 Å². The summed E-state index contributed by atoms with van der Waals surface area (Å²) in [5.74, 6) is 1.54. The summed E-state index contributed by atoms with van der Waals surface area (Å²) in [5, 5.41) is 24.9. The highest BCUT2D eigenvalue weighted by atomic mass is 16.5. The molecule has 1 fully saturated rings. The number of nitriles is 1. The first-order valence-electron chi connectivity index (χ1n) is 11.0. The largest absolute Gasteiger partial charge is 0.492 e.